The fourth-order valence-electron chi connectivity index (χ4n) is 0.928. The summed E-state index contributed by atoms with van der Waals surface area (Å²) in [5.41, 5.74) is 0. The van der Waals surface area contributed by atoms with Gasteiger partial charge in [-0.05, 0) is 26.0 Å². The zero-order valence-electron chi connectivity index (χ0n) is 8.44. The van der Waals surface area contributed by atoms with Crippen LogP contribution in [0.15, 0.2) is 48.9 Å². The molecule has 0 fully saturated rings. The van der Waals surface area contributed by atoms with E-state index in [1.54, 1.807) is 12.5 Å². The minimum atomic E-state index is 0.712. The maximum Gasteiger partial charge on any atom is 0.168 e. The van der Waals surface area contributed by atoms with Crippen molar-refractivity contribution in [2.24, 2.45) is 0 Å². The molecule has 0 spiro atoms. The number of hydrogen-bond acceptors (Lipinski definition) is 2. The van der Waals surface area contributed by atoms with Gasteiger partial charge in [0.1, 0.15) is 0 Å². The van der Waals surface area contributed by atoms with Crippen molar-refractivity contribution in [2.45, 2.75) is 13.8 Å². The van der Waals surface area contributed by atoms with Crippen molar-refractivity contribution in [3.05, 3.63) is 48.9 Å². The summed E-state index contributed by atoms with van der Waals surface area (Å²) in [7, 11) is 0. The van der Waals surface area contributed by atoms with E-state index in [1.165, 1.54) is 0 Å². The summed E-state index contributed by atoms with van der Waals surface area (Å²) in [6.45, 7) is 3.80. The van der Waals surface area contributed by atoms with Crippen LogP contribution in [0.2, 0.25) is 0 Å². The lowest BCUT2D eigenvalue weighted by molar-refractivity contribution is 0.416. The minimum absolute atomic E-state index is 0.712. The molecule has 14 heavy (non-hydrogen) atoms. The molecule has 0 saturated carbocycles. The molecule has 0 aliphatic rings. The number of benzene rings is 1. The Morgan fingerprint density at radius 3 is 1.64 bits per heavy atom. The van der Waals surface area contributed by atoms with Gasteiger partial charge in [-0.15, -0.1) is 0 Å². The lowest BCUT2D eigenvalue weighted by Gasteiger charge is -2.06. The SMILES string of the molecule is C/C=C/Oc1ccccc1O/C=C/C. The smallest absolute Gasteiger partial charge is 0.168 e. The third-order valence-electron chi connectivity index (χ3n) is 1.51. The highest BCUT2D eigenvalue weighted by molar-refractivity contribution is 5.40. The van der Waals surface area contributed by atoms with Gasteiger partial charge in [-0.25, -0.2) is 0 Å². The van der Waals surface area contributed by atoms with Crippen molar-refractivity contribution >= 4 is 0 Å². The number of para-hydroxylation sites is 2. The molecular weight excluding hydrogens is 176 g/mol. The summed E-state index contributed by atoms with van der Waals surface area (Å²) in [4.78, 5) is 0. The standard InChI is InChI=1S/C12H14O2/c1-3-9-13-11-7-5-6-8-12(11)14-10-4-2/h3-10H,1-2H3/b9-3+,10-4+. The average Bonchev–Trinajstić information content (AvgIpc) is 2.24. The van der Waals surface area contributed by atoms with Crippen LogP contribution in [0.25, 0.3) is 0 Å². The molecular formula is C12H14O2. The van der Waals surface area contributed by atoms with Gasteiger partial charge >= 0.3 is 0 Å². The van der Waals surface area contributed by atoms with E-state index in [0.717, 1.165) is 0 Å². The number of ether oxygens (including phenoxy) is 2. The molecule has 0 amide bonds. The van der Waals surface area contributed by atoms with Crippen LogP contribution in [-0.2, 0) is 0 Å². The molecule has 74 valence electrons. The normalized spacial score (nSPS) is 11.0. The predicted molar refractivity (Wildman–Crippen MR) is 57.3 cm³/mol. The summed E-state index contributed by atoms with van der Waals surface area (Å²) in [6.07, 6.45) is 6.90. The van der Waals surface area contributed by atoms with Gasteiger partial charge in [0.25, 0.3) is 0 Å². The lowest BCUT2D eigenvalue weighted by Crippen LogP contribution is -1.87. The second-order valence-electron chi connectivity index (χ2n) is 2.62. The third kappa shape index (κ3) is 2.98. The van der Waals surface area contributed by atoms with E-state index in [9.17, 15) is 0 Å². The Morgan fingerprint density at radius 2 is 1.29 bits per heavy atom. The first-order valence-corrected chi connectivity index (χ1v) is 4.53. The van der Waals surface area contributed by atoms with Crippen LogP contribution in [0.4, 0.5) is 0 Å². The summed E-state index contributed by atoms with van der Waals surface area (Å²) >= 11 is 0. The van der Waals surface area contributed by atoms with Crippen molar-refractivity contribution in [3.8, 4) is 11.5 Å². The molecule has 0 heterocycles. The molecule has 0 saturated heterocycles. The maximum absolute atomic E-state index is 5.34. The van der Waals surface area contributed by atoms with Gasteiger partial charge in [-0.2, -0.15) is 0 Å². The largest absolute Gasteiger partial charge is 0.461 e. The summed E-state index contributed by atoms with van der Waals surface area (Å²) in [6, 6.07) is 7.53. The average molecular weight is 190 g/mol. The summed E-state index contributed by atoms with van der Waals surface area (Å²) < 4.78 is 10.7. The molecule has 2 nitrogen and oxygen atoms in total. The second kappa shape index (κ2) is 5.86. The first kappa shape index (κ1) is 10.4. The van der Waals surface area contributed by atoms with Crippen LogP contribution in [0.1, 0.15) is 13.8 Å². The third-order valence-corrected chi connectivity index (χ3v) is 1.51. The van der Waals surface area contributed by atoms with Gasteiger partial charge in [-0.1, -0.05) is 24.3 Å². The molecule has 1 aromatic rings. The van der Waals surface area contributed by atoms with E-state index in [4.69, 9.17) is 9.47 Å². The predicted octanol–water partition coefficient (Wildman–Crippen LogP) is 3.51. The molecule has 0 aromatic heterocycles. The number of rotatable bonds is 4. The highest BCUT2D eigenvalue weighted by Gasteiger charge is 2.00. The summed E-state index contributed by atoms with van der Waals surface area (Å²) in [5, 5.41) is 0. The summed E-state index contributed by atoms with van der Waals surface area (Å²) in [5.74, 6) is 1.42. The van der Waals surface area contributed by atoms with Crippen molar-refractivity contribution in [3.63, 3.8) is 0 Å². The van der Waals surface area contributed by atoms with E-state index >= 15 is 0 Å². The van der Waals surface area contributed by atoms with E-state index in [0.29, 0.717) is 11.5 Å². The molecule has 0 radical (unpaired) electrons. The quantitative estimate of drug-likeness (QED) is 0.676. The second-order valence-corrected chi connectivity index (χ2v) is 2.62. The molecule has 2 heteroatoms. The Balaban J connectivity index is 2.79. The molecule has 1 aromatic carbocycles. The van der Waals surface area contributed by atoms with E-state index in [-0.39, 0.29) is 0 Å². The van der Waals surface area contributed by atoms with E-state index < -0.39 is 0 Å². The molecule has 0 unspecified atom stereocenters. The first-order chi connectivity index (χ1) is 6.88. The Bertz CT molecular complexity index is 294. The van der Waals surface area contributed by atoms with Crippen molar-refractivity contribution in [2.75, 3.05) is 0 Å². The topological polar surface area (TPSA) is 18.5 Å². The molecule has 0 aliphatic heterocycles. The Kier molecular flexibility index (Phi) is 4.35. The monoisotopic (exact) mass is 190 g/mol. The fourth-order valence-corrected chi connectivity index (χ4v) is 0.928. The van der Waals surface area contributed by atoms with Crippen LogP contribution < -0.4 is 9.47 Å². The van der Waals surface area contributed by atoms with Crippen LogP contribution in [0, 0.1) is 0 Å². The van der Waals surface area contributed by atoms with Gasteiger partial charge in [0.15, 0.2) is 11.5 Å². The van der Waals surface area contributed by atoms with Crippen LogP contribution in [0.5, 0.6) is 11.5 Å². The highest BCUT2D eigenvalue weighted by atomic mass is 16.5. The lowest BCUT2D eigenvalue weighted by atomic mass is 10.3. The van der Waals surface area contributed by atoms with Crippen LogP contribution in [-0.4, -0.2) is 0 Å². The van der Waals surface area contributed by atoms with Gasteiger partial charge in [0, 0.05) is 0 Å². The highest BCUT2D eigenvalue weighted by Crippen LogP contribution is 2.26. The number of allylic oxidation sites excluding steroid dienone is 2. The number of hydrogen-bond donors (Lipinski definition) is 0. The zero-order chi connectivity index (χ0) is 10.2. The molecule has 1 rings (SSSR count). The van der Waals surface area contributed by atoms with Crippen molar-refractivity contribution in [1.82, 2.24) is 0 Å². The zero-order valence-corrected chi connectivity index (χ0v) is 8.44. The molecule has 0 bridgehead atoms. The van der Waals surface area contributed by atoms with Crippen LogP contribution in [0.3, 0.4) is 0 Å². The van der Waals surface area contributed by atoms with Gasteiger partial charge in [0.05, 0.1) is 12.5 Å². The first-order valence-electron chi connectivity index (χ1n) is 4.53. The van der Waals surface area contributed by atoms with Crippen molar-refractivity contribution in [1.29, 1.82) is 0 Å². The minimum Gasteiger partial charge on any atom is -0.461 e. The van der Waals surface area contributed by atoms with Gasteiger partial charge < -0.3 is 9.47 Å². The van der Waals surface area contributed by atoms with E-state index in [1.807, 2.05) is 50.3 Å². The van der Waals surface area contributed by atoms with Crippen LogP contribution >= 0.6 is 0 Å². The molecule has 0 atom stereocenters. The molecule has 0 N–H and O–H groups in total. The van der Waals surface area contributed by atoms with Gasteiger partial charge in [-0.3, -0.25) is 0 Å². The fraction of sp³-hybridized carbons (Fsp3) is 0.167. The van der Waals surface area contributed by atoms with E-state index in [2.05, 4.69) is 0 Å². The van der Waals surface area contributed by atoms with Crippen molar-refractivity contribution < 1.29 is 9.47 Å². The Hall–Kier alpha value is -1.70. The van der Waals surface area contributed by atoms with Gasteiger partial charge in [0.2, 0.25) is 0 Å². The molecule has 0 aliphatic carbocycles. The Labute approximate surface area is 84.5 Å². The maximum atomic E-state index is 5.34. The Morgan fingerprint density at radius 1 is 0.857 bits per heavy atom.